The van der Waals surface area contributed by atoms with E-state index in [1.54, 1.807) is 0 Å². The van der Waals surface area contributed by atoms with Crippen LogP contribution < -0.4 is 4.74 Å². The number of hydrogen-bond donors (Lipinski definition) is 0. The Labute approximate surface area is 187 Å². The molecular formula is C27H26FN3O. The molecule has 1 spiro atoms. The highest BCUT2D eigenvalue weighted by Crippen LogP contribution is 2.49. The van der Waals surface area contributed by atoms with Crippen LogP contribution in [0, 0.1) is 5.82 Å². The highest BCUT2D eigenvalue weighted by Gasteiger charge is 2.51. The van der Waals surface area contributed by atoms with Gasteiger partial charge in [0.1, 0.15) is 11.6 Å². The van der Waals surface area contributed by atoms with Crippen LogP contribution in [0.25, 0.3) is 0 Å². The van der Waals surface area contributed by atoms with Crippen LogP contribution in [0.15, 0.2) is 84.0 Å². The molecule has 0 unspecified atom stereocenters. The quantitative estimate of drug-likeness (QED) is 0.563. The van der Waals surface area contributed by atoms with E-state index < -0.39 is 5.72 Å². The van der Waals surface area contributed by atoms with Crippen molar-refractivity contribution in [3.8, 4) is 5.75 Å². The largest absolute Gasteiger partial charge is 0.466 e. The van der Waals surface area contributed by atoms with Gasteiger partial charge in [-0.2, -0.15) is 5.10 Å². The van der Waals surface area contributed by atoms with E-state index in [4.69, 9.17) is 9.84 Å². The molecule has 162 valence electrons. The maximum absolute atomic E-state index is 13.5. The van der Waals surface area contributed by atoms with Crippen LogP contribution >= 0.6 is 0 Å². The van der Waals surface area contributed by atoms with Gasteiger partial charge in [0.25, 0.3) is 0 Å². The van der Waals surface area contributed by atoms with Crippen molar-refractivity contribution < 1.29 is 9.13 Å². The zero-order chi connectivity index (χ0) is 21.5. The molecule has 5 heteroatoms. The molecule has 0 radical (unpaired) electrons. The molecule has 1 saturated heterocycles. The number of fused-ring (bicyclic) bond motifs is 4. The molecule has 3 aliphatic heterocycles. The number of ether oxygens (including phenoxy) is 1. The predicted octanol–water partition coefficient (Wildman–Crippen LogP) is 5.36. The summed E-state index contributed by atoms with van der Waals surface area (Å²) in [7, 11) is 0. The van der Waals surface area contributed by atoms with E-state index in [2.05, 4.69) is 58.4 Å². The molecule has 0 aromatic heterocycles. The fourth-order valence-electron chi connectivity index (χ4n) is 5.28. The van der Waals surface area contributed by atoms with Crippen molar-refractivity contribution in [1.82, 2.24) is 9.91 Å². The van der Waals surface area contributed by atoms with Gasteiger partial charge in [0.2, 0.25) is 5.72 Å². The van der Waals surface area contributed by atoms with Crippen LogP contribution in [-0.4, -0.2) is 34.4 Å². The van der Waals surface area contributed by atoms with E-state index in [-0.39, 0.29) is 11.9 Å². The van der Waals surface area contributed by atoms with Crippen molar-refractivity contribution in [1.29, 1.82) is 0 Å². The second kappa shape index (κ2) is 7.75. The Morgan fingerprint density at radius 3 is 2.41 bits per heavy atom. The summed E-state index contributed by atoms with van der Waals surface area (Å²) in [5.74, 6) is 0.752. The Morgan fingerprint density at radius 2 is 1.62 bits per heavy atom. The van der Waals surface area contributed by atoms with Crippen LogP contribution in [-0.2, 0) is 6.54 Å². The molecule has 6 rings (SSSR count). The lowest BCUT2D eigenvalue weighted by molar-refractivity contribution is -0.150. The van der Waals surface area contributed by atoms with E-state index in [1.807, 2.05) is 18.2 Å². The number of rotatable bonds is 3. The molecule has 0 bridgehead atoms. The first-order chi connectivity index (χ1) is 15.7. The summed E-state index contributed by atoms with van der Waals surface area (Å²) in [5.41, 5.74) is 4.07. The Kier molecular flexibility index (Phi) is 4.72. The van der Waals surface area contributed by atoms with Crippen LogP contribution in [0.5, 0.6) is 5.75 Å². The lowest BCUT2D eigenvalue weighted by Gasteiger charge is -2.51. The fourth-order valence-corrected chi connectivity index (χ4v) is 5.28. The van der Waals surface area contributed by atoms with Crippen LogP contribution in [0.1, 0.15) is 42.0 Å². The maximum atomic E-state index is 13.5. The third kappa shape index (κ3) is 3.37. The SMILES string of the molecule is Fc1ccc(C2=NN3[C@H](C2)c2ccccc2OC32CCN(Cc3ccccc3)CC2)cc1. The lowest BCUT2D eigenvalue weighted by atomic mass is 9.90. The first-order valence-electron chi connectivity index (χ1n) is 11.4. The zero-order valence-electron chi connectivity index (χ0n) is 18.0. The molecule has 3 aliphatic rings. The number of hydrazone groups is 1. The van der Waals surface area contributed by atoms with Crippen molar-refractivity contribution in [2.75, 3.05) is 13.1 Å². The summed E-state index contributed by atoms with van der Waals surface area (Å²) in [6.07, 6.45) is 2.59. The monoisotopic (exact) mass is 427 g/mol. The number of hydrogen-bond acceptors (Lipinski definition) is 4. The minimum atomic E-state index is -0.437. The molecule has 4 nitrogen and oxygen atoms in total. The number of likely N-dealkylation sites (tertiary alicyclic amines) is 1. The second-order valence-electron chi connectivity index (χ2n) is 8.97. The number of benzene rings is 3. The van der Waals surface area contributed by atoms with E-state index in [0.717, 1.165) is 55.9 Å². The van der Waals surface area contributed by atoms with Gasteiger partial charge >= 0.3 is 0 Å². The van der Waals surface area contributed by atoms with Crippen LogP contribution in [0.3, 0.4) is 0 Å². The fraction of sp³-hybridized carbons (Fsp3) is 0.296. The van der Waals surface area contributed by atoms with Crippen molar-refractivity contribution in [2.24, 2.45) is 5.10 Å². The number of nitrogens with zero attached hydrogens (tertiary/aromatic N) is 3. The summed E-state index contributed by atoms with van der Waals surface area (Å²) in [6.45, 7) is 2.88. The molecule has 1 atom stereocenters. The standard InChI is InChI=1S/C27H26FN3O/c28-22-12-10-21(11-13-22)24-18-25-23-8-4-5-9-26(23)32-27(31(25)29-24)14-16-30(17-15-27)19-20-6-2-1-3-7-20/h1-13,25H,14-19H2/t25-/m1/s1. The Hall–Kier alpha value is -3.18. The van der Waals surface area contributed by atoms with Crippen LogP contribution in [0.4, 0.5) is 4.39 Å². The molecule has 3 aromatic carbocycles. The van der Waals surface area contributed by atoms with Gasteiger partial charge in [-0.1, -0.05) is 60.7 Å². The van der Waals surface area contributed by atoms with Gasteiger partial charge in [0.15, 0.2) is 0 Å². The average molecular weight is 428 g/mol. The van der Waals surface area contributed by atoms with Crippen molar-refractivity contribution in [2.45, 2.75) is 37.6 Å². The van der Waals surface area contributed by atoms with Crippen molar-refractivity contribution in [3.05, 3.63) is 101 Å². The van der Waals surface area contributed by atoms with Crippen LogP contribution in [0.2, 0.25) is 0 Å². The molecule has 0 N–H and O–H groups in total. The Balaban J connectivity index is 1.29. The number of halogens is 1. The summed E-state index contributed by atoms with van der Waals surface area (Å²) in [5, 5.41) is 7.29. The molecule has 0 amide bonds. The summed E-state index contributed by atoms with van der Waals surface area (Å²) in [6, 6.07) is 25.8. The normalized spacial score (nSPS) is 21.6. The third-order valence-corrected chi connectivity index (χ3v) is 6.97. The summed E-state index contributed by atoms with van der Waals surface area (Å²) >= 11 is 0. The first kappa shape index (κ1) is 19.5. The minimum absolute atomic E-state index is 0.153. The number of piperidine rings is 1. The minimum Gasteiger partial charge on any atom is -0.466 e. The molecule has 1 fully saturated rings. The lowest BCUT2D eigenvalue weighted by Crippen LogP contribution is -2.59. The highest BCUT2D eigenvalue weighted by molar-refractivity contribution is 6.02. The van der Waals surface area contributed by atoms with Gasteiger partial charge in [-0.25, -0.2) is 9.40 Å². The zero-order valence-corrected chi connectivity index (χ0v) is 18.0. The maximum Gasteiger partial charge on any atom is 0.200 e. The Bertz CT molecular complexity index is 1140. The predicted molar refractivity (Wildman–Crippen MR) is 123 cm³/mol. The van der Waals surface area contributed by atoms with E-state index in [9.17, 15) is 4.39 Å². The van der Waals surface area contributed by atoms with Gasteiger partial charge in [0.05, 0.1) is 11.8 Å². The smallest absolute Gasteiger partial charge is 0.200 e. The van der Waals surface area contributed by atoms with Gasteiger partial charge in [-0.05, 0) is 29.3 Å². The Morgan fingerprint density at radius 1 is 0.906 bits per heavy atom. The average Bonchev–Trinajstić information content (AvgIpc) is 3.29. The second-order valence-corrected chi connectivity index (χ2v) is 8.97. The number of para-hydroxylation sites is 1. The van der Waals surface area contributed by atoms with Crippen molar-refractivity contribution in [3.63, 3.8) is 0 Å². The summed E-state index contributed by atoms with van der Waals surface area (Å²) in [4.78, 5) is 2.50. The van der Waals surface area contributed by atoms with Gasteiger partial charge < -0.3 is 4.74 Å². The highest BCUT2D eigenvalue weighted by atomic mass is 19.1. The first-order valence-corrected chi connectivity index (χ1v) is 11.4. The molecule has 0 aliphatic carbocycles. The topological polar surface area (TPSA) is 28.1 Å². The molecule has 3 aromatic rings. The molecular weight excluding hydrogens is 401 g/mol. The van der Waals surface area contributed by atoms with Gasteiger partial charge in [0, 0.05) is 44.5 Å². The molecule has 32 heavy (non-hydrogen) atoms. The molecule has 3 heterocycles. The van der Waals surface area contributed by atoms with Gasteiger partial charge in [-0.3, -0.25) is 4.90 Å². The van der Waals surface area contributed by atoms with E-state index in [0.29, 0.717) is 0 Å². The summed E-state index contributed by atoms with van der Waals surface area (Å²) < 4.78 is 20.2. The molecule has 0 saturated carbocycles. The van der Waals surface area contributed by atoms with E-state index in [1.165, 1.54) is 23.3 Å². The third-order valence-electron chi connectivity index (χ3n) is 6.97. The van der Waals surface area contributed by atoms with Crippen molar-refractivity contribution >= 4 is 5.71 Å². The van der Waals surface area contributed by atoms with E-state index >= 15 is 0 Å². The van der Waals surface area contributed by atoms with Gasteiger partial charge in [-0.15, -0.1) is 0 Å².